The highest BCUT2D eigenvalue weighted by Crippen LogP contribution is 2.16. The smallest absolute Gasteiger partial charge is 0.306 e. The first-order valence-corrected chi connectivity index (χ1v) is 27.1. The zero-order valence-corrected chi connectivity index (χ0v) is 42.0. The van der Waals surface area contributed by atoms with Crippen LogP contribution in [0.2, 0.25) is 0 Å². The molecule has 0 aromatic rings. The van der Waals surface area contributed by atoms with Crippen molar-refractivity contribution in [3.63, 3.8) is 0 Å². The van der Waals surface area contributed by atoms with Crippen molar-refractivity contribution in [2.24, 2.45) is 0 Å². The van der Waals surface area contributed by atoms with Crippen LogP contribution < -0.4 is 0 Å². The Labute approximate surface area is 396 Å². The molecular weight excluding hydrogens is 789 g/mol. The monoisotopic (exact) mass is 891 g/mol. The van der Waals surface area contributed by atoms with Crippen LogP contribution >= 0.6 is 0 Å². The molecule has 1 unspecified atom stereocenters. The van der Waals surface area contributed by atoms with Crippen molar-refractivity contribution in [1.29, 1.82) is 0 Å². The molecule has 0 rings (SSSR count). The van der Waals surface area contributed by atoms with Crippen LogP contribution in [-0.2, 0) is 19.1 Å². The number of allylic oxidation sites excluding steroid dienone is 14. The van der Waals surface area contributed by atoms with E-state index in [1.54, 1.807) is 0 Å². The van der Waals surface area contributed by atoms with Crippen molar-refractivity contribution in [1.82, 2.24) is 0 Å². The number of aliphatic hydroxyl groups is 1. The fourth-order valence-electron chi connectivity index (χ4n) is 7.61. The lowest BCUT2D eigenvalue weighted by atomic mass is 10.0. The second-order valence-electron chi connectivity index (χ2n) is 17.9. The Bertz CT molecular complexity index is 1190. The summed E-state index contributed by atoms with van der Waals surface area (Å²) in [4.78, 5) is 24.5. The number of esters is 2. The molecule has 0 amide bonds. The number of rotatable bonds is 49. The molecule has 0 heterocycles. The Balaban J connectivity index is 3.50. The summed E-state index contributed by atoms with van der Waals surface area (Å²) in [6, 6.07) is 0. The molecule has 0 aromatic carbocycles. The fraction of sp³-hybridized carbons (Fsp3) is 0.729. The quantitative estimate of drug-likeness (QED) is 0.0374. The predicted molar refractivity (Wildman–Crippen MR) is 279 cm³/mol. The Morgan fingerprint density at radius 2 is 0.672 bits per heavy atom. The van der Waals surface area contributed by atoms with Crippen molar-refractivity contribution in [3.8, 4) is 0 Å². The maximum absolute atomic E-state index is 12.2. The van der Waals surface area contributed by atoms with Crippen LogP contribution in [0.25, 0.3) is 0 Å². The van der Waals surface area contributed by atoms with Crippen LogP contribution in [0.15, 0.2) is 85.1 Å². The van der Waals surface area contributed by atoms with Gasteiger partial charge in [0, 0.05) is 12.8 Å². The minimum Gasteiger partial charge on any atom is -0.462 e. The first-order chi connectivity index (χ1) is 31.6. The second-order valence-corrected chi connectivity index (χ2v) is 17.9. The highest BCUT2D eigenvalue weighted by molar-refractivity contribution is 5.70. The van der Waals surface area contributed by atoms with Gasteiger partial charge in [-0.3, -0.25) is 9.59 Å². The topological polar surface area (TPSA) is 72.8 Å². The highest BCUT2D eigenvalue weighted by Gasteiger charge is 2.16. The SMILES string of the molecule is CC/C=C\C/C=C\C/C=C\C/C=C\C/C=C\CCCCCC(=O)OC(CO)COC(=O)CCCCCCCCCCCCCCCCCCCCC/C=C\C/C=C\CCCCCCC. The third-order valence-electron chi connectivity index (χ3n) is 11.7. The molecule has 1 N–H and O–H groups in total. The standard InChI is InChI=1S/C59H102O5/c1-3-5-7-9-11-13-15-17-19-21-23-24-25-26-27-28-29-30-31-32-33-34-36-37-39-41-43-45-47-49-51-53-58(61)63-56-57(55-60)64-59(62)54-52-50-48-46-44-42-40-38-35-22-20-18-16-14-12-10-8-6-4-2/h6,8,12,14-15,17-18,20-21,23,35,38,42,44,57,60H,3-5,7,9-11,13,16,19,22,24-34,36-37,39-41,43,45-56H2,1-2H3/b8-6-,14-12-,17-15-,20-18-,23-21-,38-35-,44-42-. The molecule has 0 spiro atoms. The van der Waals surface area contributed by atoms with E-state index in [-0.39, 0.29) is 25.2 Å². The second kappa shape index (κ2) is 54.4. The van der Waals surface area contributed by atoms with Crippen molar-refractivity contribution >= 4 is 11.9 Å². The van der Waals surface area contributed by atoms with E-state index < -0.39 is 6.10 Å². The summed E-state index contributed by atoms with van der Waals surface area (Å²) in [7, 11) is 0. The summed E-state index contributed by atoms with van der Waals surface area (Å²) in [6.45, 7) is 4.00. The van der Waals surface area contributed by atoms with Crippen molar-refractivity contribution in [3.05, 3.63) is 85.1 Å². The van der Waals surface area contributed by atoms with E-state index in [1.807, 2.05) is 0 Å². The summed E-state index contributed by atoms with van der Waals surface area (Å²) in [5, 5.41) is 9.63. The molecule has 0 saturated carbocycles. The fourth-order valence-corrected chi connectivity index (χ4v) is 7.61. The number of carbonyl (C=O) groups is 2. The average molecular weight is 891 g/mol. The van der Waals surface area contributed by atoms with Crippen molar-refractivity contribution in [2.45, 2.75) is 264 Å². The van der Waals surface area contributed by atoms with Crippen molar-refractivity contribution < 1.29 is 24.2 Å². The minimum absolute atomic E-state index is 0.0814. The zero-order chi connectivity index (χ0) is 46.3. The van der Waals surface area contributed by atoms with Crippen molar-refractivity contribution in [2.75, 3.05) is 13.2 Å². The van der Waals surface area contributed by atoms with Gasteiger partial charge >= 0.3 is 11.9 Å². The zero-order valence-electron chi connectivity index (χ0n) is 42.0. The van der Waals surface area contributed by atoms with Gasteiger partial charge in [-0.15, -0.1) is 0 Å². The molecule has 0 radical (unpaired) electrons. The Kier molecular flexibility index (Phi) is 51.9. The largest absolute Gasteiger partial charge is 0.462 e. The lowest BCUT2D eigenvalue weighted by Crippen LogP contribution is -2.28. The summed E-state index contributed by atoms with van der Waals surface area (Å²) < 4.78 is 10.7. The van der Waals surface area contributed by atoms with Gasteiger partial charge in [-0.25, -0.2) is 0 Å². The van der Waals surface area contributed by atoms with Crippen LogP contribution in [0.3, 0.4) is 0 Å². The number of unbranched alkanes of at least 4 members (excludes halogenated alkanes) is 27. The van der Waals surface area contributed by atoms with Gasteiger partial charge in [0.1, 0.15) is 6.61 Å². The number of hydrogen-bond acceptors (Lipinski definition) is 5. The maximum Gasteiger partial charge on any atom is 0.306 e. The normalized spacial score (nSPS) is 12.9. The van der Waals surface area contributed by atoms with Gasteiger partial charge in [-0.05, 0) is 89.9 Å². The maximum atomic E-state index is 12.2. The third-order valence-corrected chi connectivity index (χ3v) is 11.7. The molecule has 0 bridgehead atoms. The molecule has 5 nitrogen and oxygen atoms in total. The molecule has 5 heteroatoms. The predicted octanol–water partition coefficient (Wildman–Crippen LogP) is 18.2. The van der Waals surface area contributed by atoms with Gasteiger partial charge in [0.2, 0.25) is 0 Å². The molecule has 0 aliphatic rings. The van der Waals surface area contributed by atoms with Gasteiger partial charge in [0.05, 0.1) is 6.61 Å². The number of ether oxygens (including phenoxy) is 2. The number of carbonyl (C=O) groups excluding carboxylic acids is 2. The van der Waals surface area contributed by atoms with Gasteiger partial charge in [-0.1, -0.05) is 240 Å². The Morgan fingerprint density at radius 3 is 1.03 bits per heavy atom. The lowest BCUT2D eigenvalue weighted by Gasteiger charge is -2.15. The van der Waals surface area contributed by atoms with Gasteiger partial charge in [0.15, 0.2) is 6.10 Å². The number of hydrogen-bond donors (Lipinski definition) is 1. The molecule has 64 heavy (non-hydrogen) atoms. The number of aliphatic hydroxyl groups excluding tert-OH is 1. The first-order valence-electron chi connectivity index (χ1n) is 27.1. The van der Waals surface area contributed by atoms with E-state index in [0.29, 0.717) is 12.8 Å². The molecule has 368 valence electrons. The van der Waals surface area contributed by atoms with E-state index >= 15 is 0 Å². The van der Waals surface area contributed by atoms with Crippen LogP contribution in [0.4, 0.5) is 0 Å². The van der Waals surface area contributed by atoms with Crippen LogP contribution in [0.1, 0.15) is 258 Å². The van der Waals surface area contributed by atoms with E-state index in [2.05, 4.69) is 98.9 Å². The summed E-state index contributed by atoms with van der Waals surface area (Å²) >= 11 is 0. The van der Waals surface area contributed by atoms with Gasteiger partial charge in [0.25, 0.3) is 0 Å². The average Bonchev–Trinajstić information content (AvgIpc) is 3.30. The molecular formula is C59H102O5. The Morgan fingerprint density at radius 1 is 0.375 bits per heavy atom. The van der Waals surface area contributed by atoms with Crippen LogP contribution in [0.5, 0.6) is 0 Å². The lowest BCUT2D eigenvalue weighted by molar-refractivity contribution is -0.161. The molecule has 0 fully saturated rings. The van der Waals surface area contributed by atoms with E-state index in [9.17, 15) is 14.7 Å². The molecule has 0 aliphatic carbocycles. The summed E-state index contributed by atoms with van der Waals surface area (Å²) in [5.74, 6) is -0.625. The molecule has 1 atom stereocenters. The van der Waals surface area contributed by atoms with E-state index in [1.165, 1.54) is 148 Å². The van der Waals surface area contributed by atoms with E-state index in [0.717, 1.165) is 83.5 Å². The first kappa shape index (κ1) is 61.1. The Hall–Kier alpha value is -2.92. The summed E-state index contributed by atoms with van der Waals surface area (Å²) in [5.41, 5.74) is 0. The molecule has 0 saturated heterocycles. The van der Waals surface area contributed by atoms with Gasteiger partial charge < -0.3 is 14.6 Å². The molecule has 0 aromatic heterocycles. The van der Waals surface area contributed by atoms with E-state index in [4.69, 9.17) is 9.47 Å². The van der Waals surface area contributed by atoms with Gasteiger partial charge in [-0.2, -0.15) is 0 Å². The van der Waals surface area contributed by atoms with Crippen LogP contribution in [0, 0.1) is 0 Å². The molecule has 0 aliphatic heterocycles. The van der Waals surface area contributed by atoms with Crippen LogP contribution in [-0.4, -0.2) is 36.4 Å². The minimum atomic E-state index is -0.793. The highest BCUT2D eigenvalue weighted by atomic mass is 16.6. The summed E-state index contributed by atoms with van der Waals surface area (Å²) in [6.07, 6.45) is 75.5. The third kappa shape index (κ3) is 51.7.